The Balaban J connectivity index is 2.26. The zero-order valence-corrected chi connectivity index (χ0v) is 9.71. The van der Waals surface area contributed by atoms with Crippen LogP contribution in [0.5, 0.6) is 0 Å². The van der Waals surface area contributed by atoms with E-state index in [1.54, 1.807) is 11.3 Å². The molecule has 2 rings (SSSR count). The first-order valence-corrected chi connectivity index (χ1v) is 6.05. The van der Waals surface area contributed by atoms with Crippen molar-refractivity contribution in [2.45, 2.75) is 6.04 Å². The van der Waals surface area contributed by atoms with Crippen molar-refractivity contribution in [3.8, 4) is 12.3 Å². The summed E-state index contributed by atoms with van der Waals surface area (Å²) in [6.07, 6.45) is 5.30. The van der Waals surface area contributed by atoms with Gasteiger partial charge in [-0.25, -0.2) is 0 Å². The lowest BCUT2D eigenvalue weighted by Crippen LogP contribution is -2.21. The Kier molecular flexibility index (Phi) is 3.76. The van der Waals surface area contributed by atoms with Crippen LogP contribution in [0.15, 0.2) is 47.8 Å². The fourth-order valence-corrected chi connectivity index (χ4v) is 2.47. The number of hydrogen-bond acceptors (Lipinski definition) is 2. The third-order valence-corrected chi connectivity index (χ3v) is 3.31. The fourth-order valence-electron chi connectivity index (χ4n) is 1.64. The molecule has 80 valence electrons. The molecule has 1 atom stereocenters. The first kappa shape index (κ1) is 10.9. The number of nitrogens with one attached hydrogen (secondary N) is 1. The topological polar surface area (TPSA) is 12.0 Å². The van der Waals surface area contributed by atoms with Gasteiger partial charge in [0.25, 0.3) is 0 Å². The van der Waals surface area contributed by atoms with Crippen LogP contribution in [-0.2, 0) is 0 Å². The van der Waals surface area contributed by atoms with Gasteiger partial charge in [0.2, 0.25) is 0 Å². The second-order valence-electron chi connectivity index (χ2n) is 3.44. The van der Waals surface area contributed by atoms with Gasteiger partial charge >= 0.3 is 0 Å². The second-order valence-corrected chi connectivity index (χ2v) is 4.42. The molecule has 2 heteroatoms. The van der Waals surface area contributed by atoms with E-state index in [4.69, 9.17) is 6.42 Å². The minimum Gasteiger partial charge on any atom is -0.295 e. The Bertz CT molecular complexity index is 453. The van der Waals surface area contributed by atoms with Gasteiger partial charge in [0.15, 0.2) is 0 Å². The van der Waals surface area contributed by atoms with E-state index in [0.717, 1.165) is 0 Å². The van der Waals surface area contributed by atoms with Gasteiger partial charge in [0, 0.05) is 4.88 Å². The van der Waals surface area contributed by atoms with E-state index in [0.29, 0.717) is 6.54 Å². The molecule has 0 saturated heterocycles. The summed E-state index contributed by atoms with van der Waals surface area (Å²) < 4.78 is 0. The zero-order chi connectivity index (χ0) is 11.2. The zero-order valence-electron chi connectivity index (χ0n) is 8.89. The summed E-state index contributed by atoms with van der Waals surface area (Å²) in [5.41, 5.74) is 1.25. The molecule has 1 nitrogen and oxygen atoms in total. The maximum Gasteiger partial charge on any atom is 0.0678 e. The third-order valence-electron chi connectivity index (χ3n) is 2.37. The highest BCUT2D eigenvalue weighted by Crippen LogP contribution is 2.25. The number of hydrogen-bond donors (Lipinski definition) is 1. The van der Waals surface area contributed by atoms with Crippen LogP contribution in [0.1, 0.15) is 16.5 Å². The molecule has 16 heavy (non-hydrogen) atoms. The van der Waals surface area contributed by atoms with E-state index in [2.05, 4.69) is 40.9 Å². The van der Waals surface area contributed by atoms with Crippen LogP contribution < -0.4 is 5.32 Å². The first-order chi connectivity index (χ1) is 7.92. The quantitative estimate of drug-likeness (QED) is 0.792. The average Bonchev–Trinajstić information content (AvgIpc) is 2.85. The lowest BCUT2D eigenvalue weighted by molar-refractivity contribution is 0.670. The molecule has 2 aromatic rings. The molecule has 0 aliphatic rings. The van der Waals surface area contributed by atoms with Gasteiger partial charge < -0.3 is 0 Å². The molecular formula is C14H13NS. The predicted molar refractivity (Wildman–Crippen MR) is 69.4 cm³/mol. The van der Waals surface area contributed by atoms with Crippen LogP contribution in [-0.4, -0.2) is 6.54 Å². The van der Waals surface area contributed by atoms with E-state index in [-0.39, 0.29) is 6.04 Å². The highest BCUT2D eigenvalue weighted by Gasteiger charge is 2.12. The number of thiophene rings is 1. The summed E-state index contributed by atoms with van der Waals surface area (Å²) in [6, 6.07) is 14.8. The Morgan fingerprint density at radius 1 is 1.19 bits per heavy atom. The van der Waals surface area contributed by atoms with Gasteiger partial charge in [-0.05, 0) is 17.0 Å². The van der Waals surface area contributed by atoms with Crippen LogP contribution in [0.4, 0.5) is 0 Å². The molecule has 1 aromatic heterocycles. The summed E-state index contributed by atoms with van der Waals surface area (Å²) in [5.74, 6) is 2.62. The Labute approximate surface area is 100 Å². The summed E-state index contributed by atoms with van der Waals surface area (Å²) in [4.78, 5) is 1.29. The molecule has 0 aliphatic carbocycles. The SMILES string of the molecule is C#CCNC(c1ccccc1)c1cccs1. The summed E-state index contributed by atoms with van der Waals surface area (Å²) in [5, 5.41) is 5.45. The number of terminal acetylenes is 1. The molecule has 0 amide bonds. The minimum atomic E-state index is 0.206. The molecule has 0 saturated carbocycles. The van der Waals surface area contributed by atoms with E-state index in [1.165, 1.54) is 10.4 Å². The van der Waals surface area contributed by atoms with Gasteiger partial charge in [-0.3, -0.25) is 5.32 Å². The van der Waals surface area contributed by atoms with Crippen molar-refractivity contribution in [2.75, 3.05) is 6.54 Å². The molecule has 1 aromatic carbocycles. The van der Waals surface area contributed by atoms with Gasteiger partial charge in [-0.2, -0.15) is 0 Å². The smallest absolute Gasteiger partial charge is 0.0678 e. The van der Waals surface area contributed by atoms with Crippen molar-refractivity contribution < 1.29 is 0 Å². The molecule has 0 spiro atoms. The summed E-state index contributed by atoms with van der Waals surface area (Å²) in [7, 11) is 0. The van der Waals surface area contributed by atoms with Gasteiger partial charge in [-0.15, -0.1) is 17.8 Å². The van der Waals surface area contributed by atoms with Gasteiger partial charge in [0.05, 0.1) is 12.6 Å². The van der Waals surface area contributed by atoms with Gasteiger partial charge in [0.1, 0.15) is 0 Å². The second kappa shape index (κ2) is 5.50. The van der Waals surface area contributed by atoms with Crippen molar-refractivity contribution >= 4 is 11.3 Å². The van der Waals surface area contributed by atoms with Crippen LogP contribution >= 0.6 is 11.3 Å². The Hall–Kier alpha value is -1.56. The molecule has 0 radical (unpaired) electrons. The lowest BCUT2D eigenvalue weighted by atomic mass is 10.1. The molecule has 0 bridgehead atoms. The Morgan fingerprint density at radius 3 is 2.62 bits per heavy atom. The highest BCUT2D eigenvalue weighted by molar-refractivity contribution is 7.10. The van der Waals surface area contributed by atoms with Crippen LogP contribution in [0, 0.1) is 12.3 Å². The van der Waals surface area contributed by atoms with E-state index in [9.17, 15) is 0 Å². The average molecular weight is 227 g/mol. The fraction of sp³-hybridized carbons (Fsp3) is 0.143. The maximum atomic E-state index is 5.30. The normalized spacial score (nSPS) is 11.9. The molecule has 1 N–H and O–H groups in total. The Morgan fingerprint density at radius 2 is 2.00 bits per heavy atom. The molecule has 1 unspecified atom stereocenters. The first-order valence-electron chi connectivity index (χ1n) is 5.17. The molecule has 0 fully saturated rings. The largest absolute Gasteiger partial charge is 0.295 e. The third kappa shape index (κ3) is 2.52. The maximum absolute atomic E-state index is 5.30. The van der Waals surface area contributed by atoms with Crippen LogP contribution in [0.25, 0.3) is 0 Å². The van der Waals surface area contributed by atoms with Crippen molar-refractivity contribution in [2.24, 2.45) is 0 Å². The summed E-state index contributed by atoms with van der Waals surface area (Å²) in [6.45, 7) is 0.581. The minimum absolute atomic E-state index is 0.206. The van der Waals surface area contributed by atoms with Crippen molar-refractivity contribution in [1.82, 2.24) is 5.32 Å². The predicted octanol–water partition coefficient (Wildman–Crippen LogP) is 3.06. The molecular weight excluding hydrogens is 214 g/mol. The standard InChI is InChI=1S/C14H13NS/c1-2-10-15-14(13-9-6-11-16-13)12-7-4-3-5-8-12/h1,3-9,11,14-15H,10H2. The molecule has 1 heterocycles. The van der Waals surface area contributed by atoms with Crippen LogP contribution in [0.3, 0.4) is 0 Å². The number of benzene rings is 1. The van der Waals surface area contributed by atoms with E-state index >= 15 is 0 Å². The van der Waals surface area contributed by atoms with Crippen molar-refractivity contribution in [3.05, 3.63) is 58.3 Å². The summed E-state index contributed by atoms with van der Waals surface area (Å²) >= 11 is 1.75. The molecule has 0 aliphatic heterocycles. The van der Waals surface area contributed by atoms with Crippen molar-refractivity contribution in [3.63, 3.8) is 0 Å². The van der Waals surface area contributed by atoms with E-state index in [1.807, 2.05) is 18.2 Å². The van der Waals surface area contributed by atoms with Gasteiger partial charge in [-0.1, -0.05) is 42.3 Å². The highest BCUT2D eigenvalue weighted by atomic mass is 32.1. The monoisotopic (exact) mass is 227 g/mol. The number of rotatable bonds is 4. The van der Waals surface area contributed by atoms with E-state index < -0.39 is 0 Å². The van der Waals surface area contributed by atoms with Crippen molar-refractivity contribution in [1.29, 1.82) is 0 Å². The lowest BCUT2D eigenvalue weighted by Gasteiger charge is -2.16. The van der Waals surface area contributed by atoms with Crippen LogP contribution in [0.2, 0.25) is 0 Å².